The van der Waals surface area contributed by atoms with Crippen LogP contribution in [-0.2, 0) is 63.6 Å². The van der Waals surface area contributed by atoms with Crippen LogP contribution in [0.5, 0.6) is 0 Å². The number of nitrogens with two attached hydrogens (primary N) is 3. The number of hydrogen-bond acceptors (Lipinski definition) is 17. The molecular formula is C86H182N10O15S2. The number of hydroxylamine groups is 4. The molecule has 0 spiro atoms. The van der Waals surface area contributed by atoms with Crippen LogP contribution < -0.4 is 20.7 Å². The minimum Gasteiger partial charge on any atom is -0.399 e. The van der Waals surface area contributed by atoms with Crippen molar-refractivity contribution < 1.29 is 70.3 Å². The number of oxime groups is 1. The highest BCUT2D eigenvalue weighted by atomic mass is 32.2. The Kier molecular flexibility index (Phi) is 75.5. The summed E-state index contributed by atoms with van der Waals surface area (Å²) in [6.45, 7) is 60.9. The zero-order valence-corrected chi connectivity index (χ0v) is 81.3. The first-order valence-electron chi connectivity index (χ1n) is 41.0. The fraction of sp³-hybridized carbons (Fsp3) is 0.895. The van der Waals surface area contributed by atoms with E-state index in [-0.39, 0.29) is 53.8 Å². The van der Waals surface area contributed by atoms with Crippen molar-refractivity contribution in [3.8, 4) is 0 Å². The molecule has 3 amide bonds. The summed E-state index contributed by atoms with van der Waals surface area (Å²) < 4.78 is 52.8. The summed E-state index contributed by atoms with van der Waals surface area (Å²) in [4.78, 5) is 80.7. The highest BCUT2D eigenvalue weighted by molar-refractivity contribution is 7.88. The molecule has 0 unspecified atom stereocenters. The van der Waals surface area contributed by atoms with Crippen molar-refractivity contribution in [2.24, 2.45) is 79.3 Å². The molecule has 25 nitrogen and oxygen atoms in total. The number of amidine groups is 2. The van der Waals surface area contributed by atoms with E-state index in [1.54, 1.807) is 47.3 Å². The fourth-order valence-electron chi connectivity index (χ4n) is 9.23. The fourth-order valence-corrected chi connectivity index (χ4v) is 10.2. The first-order valence-corrected chi connectivity index (χ1v) is 44.0. The Hall–Kier alpha value is -4.51. The maximum absolute atomic E-state index is 11.3. The van der Waals surface area contributed by atoms with Gasteiger partial charge in [-0.2, -0.15) is 16.8 Å². The summed E-state index contributed by atoms with van der Waals surface area (Å²) in [7, 11) is 5.28. The number of rotatable bonds is 37. The topological polar surface area (TPSA) is 376 Å². The van der Waals surface area contributed by atoms with Gasteiger partial charge in [0.1, 0.15) is 37.8 Å². The molecule has 0 fully saturated rings. The number of nitrogens with zero attached hydrogens (tertiary/aromatic N) is 6. The number of hydrogen-bond donors (Lipinski definition) is 6. The van der Waals surface area contributed by atoms with Crippen LogP contribution in [0, 0.1) is 48.7 Å². The molecule has 0 radical (unpaired) electrons. The lowest BCUT2D eigenvalue weighted by Crippen LogP contribution is -2.36. The molecule has 678 valence electrons. The molecule has 113 heavy (non-hydrogen) atoms. The van der Waals surface area contributed by atoms with Gasteiger partial charge in [-0.3, -0.25) is 48.5 Å². The molecule has 0 aromatic carbocycles. The number of aliphatic hydroxyl groups excluding tert-OH is 1. The maximum Gasteiger partial charge on any atom is 0.318 e. The smallest absolute Gasteiger partial charge is 0.318 e. The summed E-state index contributed by atoms with van der Waals surface area (Å²) in [6.07, 6.45) is 28.9. The first-order chi connectivity index (χ1) is 50.7. The van der Waals surface area contributed by atoms with Gasteiger partial charge in [0.25, 0.3) is 10.2 Å². The average molecular weight is 1660 g/mol. The van der Waals surface area contributed by atoms with Crippen LogP contribution >= 0.6 is 0 Å². The minimum atomic E-state index is -3.83. The molecule has 0 aliphatic rings. The van der Waals surface area contributed by atoms with Crippen molar-refractivity contribution >= 4 is 73.4 Å². The minimum absolute atomic E-state index is 0.0470. The van der Waals surface area contributed by atoms with Crippen molar-refractivity contribution in [2.45, 2.75) is 386 Å². The molecule has 0 heterocycles. The quantitative estimate of drug-likeness (QED) is 0.0111. The number of ketones is 3. The van der Waals surface area contributed by atoms with Crippen molar-refractivity contribution in [1.29, 1.82) is 0 Å². The van der Waals surface area contributed by atoms with Crippen molar-refractivity contribution in [3.05, 3.63) is 0 Å². The average Bonchev–Trinajstić information content (AvgIpc) is 0.925. The number of nitrogens with one attached hydrogen (secondary N) is 1. The molecule has 0 saturated heterocycles. The van der Waals surface area contributed by atoms with Gasteiger partial charge in [0.2, 0.25) is 17.7 Å². The van der Waals surface area contributed by atoms with Gasteiger partial charge >= 0.3 is 10.2 Å². The van der Waals surface area contributed by atoms with E-state index in [1.165, 1.54) is 32.1 Å². The van der Waals surface area contributed by atoms with Crippen molar-refractivity contribution in [3.63, 3.8) is 0 Å². The number of unbranched alkanes of at least 4 members (excludes halogenated alkanes) is 3. The Morgan fingerprint density at radius 3 is 1.03 bits per heavy atom. The predicted octanol–water partition coefficient (Wildman–Crippen LogP) is 19.3. The van der Waals surface area contributed by atoms with Crippen LogP contribution in [0.4, 0.5) is 0 Å². The highest BCUT2D eigenvalue weighted by Gasteiger charge is 2.18. The van der Waals surface area contributed by atoms with Gasteiger partial charge in [0, 0.05) is 106 Å². The summed E-state index contributed by atoms with van der Waals surface area (Å²) >= 11 is 0. The van der Waals surface area contributed by atoms with E-state index in [9.17, 15) is 45.6 Å². The van der Waals surface area contributed by atoms with Gasteiger partial charge in [-0.25, -0.2) is 20.4 Å². The zero-order valence-electron chi connectivity index (χ0n) is 79.6. The van der Waals surface area contributed by atoms with Gasteiger partial charge in [-0.05, 0) is 171 Å². The van der Waals surface area contributed by atoms with Crippen LogP contribution in [0.1, 0.15) is 386 Å². The molecule has 0 aromatic heterocycles. The van der Waals surface area contributed by atoms with E-state index in [1.807, 2.05) is 13.1 Å². The first kappa shape index (κ1) is 127. The lowest BCUT2D eigenvalue weighted by Gasteiger charge is -2.18. The van der Waals surface area contributed by atoms with E-state index >= 15 is 0 Å². The number of aliphatic imine (C=N–C) groups is 1. The van der Waals surface area contributed by atoms with E-state index in [2.05, 4.69) is 211 Å². The number of aliphatic hydroxyl groups is 1. The third-order valence-corrected chi connectivity index (χ3v) is 16.9. The van der Waals surface area contributed by atoms with Gasteiger partial charge in [0.05, 0.1) is 7.11 Å². The second kappa shape index (κ2) is 67.4. The lowest BCUT2D eigenvalue weighted by molar-refractivity contribution is -0.168. The molecule has 27 heteroatoms. The number of carbonyl (C=O) groups is 6. The molecule has 0 rings (SSSR count). The standard InChI is InChI=1S/C10H23N3O2S.C10H21NO2.C10H21NO.C10H20O2.C10H20O.C9H21N3O2S.C9H19NO2.C9H19NO.C9H18O2/c1-10(2,3)8-6-5-7-9(12-4)13-16(11,14)15;1-10(2,3)8-6-7-9(12)11(4)13-5;1-10(2,3)8-6-7-9(12)11(4)5;1-10(2,3)7-5-6-9(11)8-12-4;1-5-9(11)7-6-8-10(2,3)4;1-9(2,3)7-5-4-6-8(10)12-15(11,13)14;1-9(2,3)7-5-6-8(11)10(4)12;1-9(2,3)7-5-6-8-10-11-4;1-9(2,3)6-4-5-8(11)7-10/h5-8H2,1-4H3,(H,12,13)(H2,11,14,15);6-8H2,1-5H3;6-8H2,1-5H3;5-8H2,1-4H3;5-8H2,1-4H3;4-7H2,1-3H3,(H2,10,12)(H2,11,13,14);12H,5-7H2,1-4H3;8H,5-7H2,1-4H3;10H,4-7H2,1-3H3/b;;;;;;;10-8+;. The highest BCUT2D eigenvalue weighted by Crippen LogP contribution is 2.28. The van der Waals surface area contributed by atoms with E-state index in [4.69, 9.17) is 35.9 Å². The van der Waals surface area contributed by atoms with Crippen molar-refractivity contribution in [2.75, 3.05) is 69.8 Å². The van der Waals surface area contributed by atoms with Crippen molar-refractivity contribution in [1.82, 2.24) is 19.7 Å². The van der Waals surface area contributed by atoms with Gasteiger partial charge in [-0.1, -0.05) is 212 Å². The molecule has 0 aliphatic heterocycles. The van der Waals surface area contributed by atoms with E-state index in [0.29, 0.717) is 111 Å². The Bertz CT molecular complexity index is 2680. The third-order valence-electron chi connectivity index (χ3n) is 15.9. The summed E-state index contributed by atoms with van der Waals surface area (Å²) in [6, 6.07) is 0. The molecule has 0 bridgehead atoms. The molecule has 9 N–H and O–H groups in total. The molecule has 0 atom stereocenters. The molecular weight excluding hydrogens is 1480 g/mol. The largest absolute Gasteiger partial charge is 0.399 e. The second-order valence-electron chi connectivity index (χ2n) is 40.2. The second-order valence-corrected chi connectivity index (χ2v) is 42.7. The number of methoxy groups -OCH3 is 1. The van der Waals surface area contributed by atoms with Crippen LogP contribution in [0.25, 0.3) is 0 Å². The van der Waals surface area contributed by atoms with E-state index < -0.39 is 20.4 Å². The number of ether oxygens (including phenoxy) is 1. The summed E-state index contributed by atoms with van der Waals surface area (Å²) in [5.41, 5.74) is 8.42. The Labute approximate surface area is 695 Å². The monoisotopic (exact) mass is 1660 g/mol. The Balaban J connectivity index is -0.000000154. The normalized spacial score (nSPS) is 12.3. The number of Topliss-reactive ketones (excluding diaryl/α,β-unsaturated/α-hetero) is 3. The zero-order chi connectivity index (χ0) is 91.1. The molecule has 0 saturated carbocycles. The van der Waals surface area contributed by atoms with Gasteiger partial charge < -0.3 is 25.3 Å². The predicted molar refractivity (Wildman–Crippen MR) is 476 cm³/mol. The van der Waals surface area contributed by atoms with E-state index in [0.717, 1.165) is 128 Å². The van der Waals surface area contributed by atoms with Crippen LogP contribution in [-0.4, -0.2) is 165 Å². The summed E-state index contributed by atoms with van der Waals surface area (Å²) in [5, 5.41) is 32.3. The third kappa shape index (κ3) is 134. The Morgan fingerprint density at radius 2 is 0.743 bits per heavy atom. The van der Waals surface area contributed by atoms with Crippen LogP contribution in [0.15, 0.2) is 14.5 Å². The lowest BCUT2D eigenvalue weighted by atomic mass is 9.89. The van der Waals surface area contributed by atoms with Gasteiger partial charge in [-0.15, -0.1) is 4.40 Å². The number of amides is 3. The molecule has 0 aliphatic carbocycles. The van der Waals surface area contributed by atoms with Crippen LogP contribution in [0.3, 0.4) is 0 Å². The maximum atomic E-state index is 11.3. The number of carbonyl (C=O) groups excluding carboxylic acids is 6. The van der Waals surface area contributed by atoms with Crippen LogP contribution in [0.2, 0.25) is 0 Å². The van der Waals surface area contributed by atoms with Gasteiger partial charge in [0.15, 0.2) is 11.6 Å². The Morgan fingerprint density at radius 1 is 0.434 bits per heavy atom. The summed E-state index contributed by atoms with van der Waals surface area (Å²) in [5.74, 6) is 1.15. The SMILES string of the molecule is CC(C)(C)CCCC(=O)CO.CC(C)(C)CCCCC(N)=NS(N)(=O)=O.CCC(=O)CCCC(C)(C)C.CN(C)C(=O)CCCC(C)(C)C.CN(O)C(=O)CCCC(C)(C)C.CN=C(CCCCC(C)(C)C)NS(N)(=O)=O.CO/N=C/CCCC(C)(C)C.COCC(=O)CCCC(C)(C)C.CON(C)C(=O)CCCC(C)(C)C. The molecule has 0 aromatic rings.